The quantitative estimate of drug-likeness (QED) is 0.875. The van der Waals surface area contributed by atoms with Crippen LogP contribution in [0.3, 0.4) is 0 Å². The molecule has 2 atom stereocenters. The molecule has 0 saturated heterocycles. The van der Waals surface area contributed by atoms with Gasteiger partial charge in [0.05, 0.1) is 18.9 Å². The van der Waals surface area contributed by atoms with Gasteiger partial charge in [0.1, 0.15) is 11.8 Å². The van der Waals surface area contributed by atoms with Crippen LogP contribution in [0.4, 0.5) is 0 Å². The van der Waals surface area contributed by atoms with E-state index in [-0.39, 0.29) is 23.6 Å². The van der Waals surface area contributed by atoms with Crippen LogP contribution in [-0.4, -0.2) is 24.5 Å². The largest absolute Gasteiger partial charge is 0.493 e. The van der Waals surface area contributed by atoms with Gasteiger partial charge in [-0.3, -0.25) is 9.59 Å². The van der Waals surface area contributed by atoms with Crippen LogP contribution in [0, 0.1) is 5.92 Å². The lowest BCUT2D eigenvalue weighted by atomic mass is 9.98. The zero-order valence-electron chi connectivity index (χ0n) is 14.3. The highest BCUT2D eigenvalue weighted by molar-refractivity contribution is 5.95. The summed E-state index contributed by atoms with van der Waals surface area (Å²) in [7, 11) is 0. The van der Waals surface area contributed by atoms with Crippen molar-refractivity contribution in [1.82, 2.24) is 10.6 Å². The summed E-state index contributed by atoms with van der Waals surface area (Å²) < 4.78 is 10.7. The van der Waals surface area contributed by atoms with Crippen molar-refractivity contribution in [1.29, 1.82) is 0 Å². The third-order valence-electron chi connectivity index (χ3n) is 4.26. The van der Waals surface area contributed by atoms with E-state index in [2.05, 4.69) is 10.6 Å². The Balaban J connectivity index is 1.71. The molecule has 3 rings (SSSR count). The molecular weight excluding hydrogens is 320 g/mol. The second-order valence-corrected chi connectivity index (χ2v) is 6.41. The summed E-state index contributed by atoms with van der Waals surface area (Å²) in [4.78, 5) is 25.0. The van der Waals surface area contributed by atoms with Gasteiger partial charge in [0.2, 0.25) is 5.91 Å². The average molecular weight is 342 g/mol. The van der Waals surface area contributed by atoms with Crippen molar-refractivity contribution in [3.05, 3.63) is 54.0 Å². The second kappa shape index (κ2) is 7.42. The molecule has 0 bridgehead atoms. The highest BCUT2D eigenvalue weighted by atomic mass is 16.5. The number of benzene rings is 1. The molecule has 0 fully saturated rings. The van der Waals surface area contributed by atoms with Gasteiger partial charge < -0.3 is 19.8 Å². The van der Waals surface area contributed by atoms with Crippen LogP contribution < -0.4 is 15.4 Å². The van der Waals surface area contributed by atoms with Crippen LogP contribution in [0.5, 0.6) is 5.75 Å². The zero-order valence-corrected chi connectivity index (χ0v) is 14.3. The van der Waals surface area contributed by atoms with Crippen molar-refractivity contribution < 1.29 is 18.7 Å². The Morgan fingerprint density at radius 1 is 1.16 bits per heavy atom. The number of hydrogen-bond donors (Lipinski definition) is 2. The monoisotopic (exact) mass is 342 g/mol. The van der Waals surface area contributed by atoms with Crippen molar-refractivity contribution in [3.63, 3.8) is 0 Å². The minimum atomic E-state index is -0.646. The van der Waals surface area contributed by atoms with Gasteiger partial charge >= 0.3 is 0 Å². The third kappa shape index (κ3) is 3.84. The summed E-state index contributed by atoms with van der Waals surface area (Å²) in [5.74, 6) is 0.312. The molecule has 0 radical (unpaired) electrons. The average Bonchev–Trinajstić information content (AvgIpc) is 3.14. The Morgan fingerprint density at radius 3 is 2.68 bits per heavy atom. The first-order chi connectivity index (χ1) is 12.1. The highest BCUT2D eigenvalue weighted by Crippen LogP contribution is 2.31. The molecule has 2 heterocycles. The Kier molecular flexibility index (Phi) is 5.07. The maximum Gasteiger partial charge on any atom is 0.287 e. The van der Waals surface area contributed by atoms with Crippen LogP contribution in [0.15, 0.2) is 47.1 Å². The molecule has 1 unspecified atom stereocenters. The highest BCUT2D eigenvalue weighted by Gasteiger charge is 2.29. The van der Waals surface area contributed by atoms with E-state index in [0.29, 0.717) is 13.0 Å². The van der Waals surface area contributed by atoms with E-state index in [1.54, 1.807) is 12.1 Å². The van der Waals surface area contributed by atoms with E-state index in [9.17, 15) is 9.59 Å². The van der Waals surface area contributed by atoms with Crippen LogP contribution in [-0.2, 0) is 4.79 Å². The Hall–Kier alpha value is -2.76. The van der Waals surface area contributed by atoms with E-state index in [4.69, 9.17) is 9.15 Å². The van der Waals surface area contributed by atoms with Gasteiger partial charge in [0, 0.05) is 12.0 Å². The fraction of sp³-hybridized carbons (Fsp3) is 0.368. The van der Waals surface area contributed by atoms with Gasteiger partial charge in [-0.1, -0.05) is 32.0 Å². The number of rotatable bonds is 5. The van der Waals surface area contributed by atoms with Gasteiger partial charge in [-0.05, 0) is 24.1 Å². The fourth-order valence-electron chi connectivity index (χ4n) is 2.91. The topological polar surface area (TPSA) is 80.6 Å². The van der Waals surface area contributed by atoms with Gasteiger partial charge in [0.25, 0.3) is 5.91 Å². The number of carbonyl (C=O) groups is 2. The van der Waals surface area contributed by atoms with E-state index in [0.717, 1.165) is 11.3 Å². The Labute approximate surface area is 146 Å². The molecule has 1 aliphatic heterocycles. The molecule has 0 saturated carbocycles. The summed E-state index contributed by atoms with van der Waals surface area (Å²) in [6.07, 6.45) is 2.12. The molecule has 6 heteroatoms. The van der Waals surface area contributed by atoms with Crippen molar-refractivity contribution in [2.24, 2.45) is 5.92 Å². The van der Waals surface area contributed by atoms with Gasteiger partial charge in [0.15, 0.2) is 5.76 Å². The Morgan fingerprint density at radius 2 is 1.96 bits per heavy atom. The predicted molar refractivity (Wildman–Crippen MR) is 92.2 cm³/mol. The standard InChI is InChI=1S/C19H22N2O4/c1-12(2)17(21-18(22)16-8-5-10-24-16)19(23)20-14-9-11-25-15-7-4-3-6-13(14)15/h3-8,10,12,14,17H,9,11H2,1-2H3,(H,20,23)(H,21,22)/t14?,17-/m1/s1. The summed E-state index contributed by atoms with van der Waals surface area (Å²) >= 11 is 0. The zero-order chi connectivity index (χ0) is 17.8. The lowest BCUT2D eigenvalue weighted by Crippen LogP contribution is -2.50. The molecular formula is C19H22N2O4. The lowest BCUT2D eigenvalue weighted by Gasteiger charge is -2.29. The molecule has 0 spiro atoms. The smallest absolute Gasteiger partial charge is 0.287 e. The SMILES string of the molecule is CC(C)[C@@H](NC(=O)c1ccco1)C(=O)NC1CCOc2ccccc21. The minimum Gasteiger partial charge on any atom is -0.493 e. The molecule has 2 aromatic rings. The number of fused-ring (bicyclic) bond motifs is 1. The van der Waals surface area contributed by atoms with Crippen molar-refractivity contribution in [2.45, 2.75) is 32.4 Å². The second-order valence-electron chi connectivity index (χ2n) is 6.41. The van der Waals surface area contributed by atoms with Crippen LogP contribution in [0.2, 0.25) is 0 Å². The summed E-state index contributed by atoms with van der Waals surface area (Å²) in [5.41, 5.74) is 0.960. The van der Waals surface area contributed by atoms with Crippen molar-refractivity contribution in [3.8, 4) is 5.75 Å². The molecule has 1 aromatic carbocycles. The molecule has 25 heavy (non-hydrogen) atoms. The molecule has 1 aliphatic rings. The van der Waals surface area contributed by atoms with Crippen LogP contribution in [0.1, 0.15) is 42.4 Å². The molecule has 1 aromatic heterocycles. The molecule has 132 valence electrons. The summed E-state index contributed by atoms with van der Waals surface area (Å²) in [5, 5.41) is 5.80. The van der Waals surface area contributed by atoms with E-state index in [1.807, 2.05) is 38.1 Å². The molecule has 0 aliphatic carbocycles. The minimum absolute atomic E-state index is 0.0611. The van der Waals surface area contributed by atoms with Crippen LogP contribution in [0.25, 0.3) is 0 Å². The first kappa shape index (κ1) is 17.1. The first-order valence-electron chi connectivity index (χ1n) is 8.42. The number of carbonyl (C=O) groups excluding carboxylic acids is 2. The van der Waals surface area contributed by atoms with Crippen molar-refractivity contribution in [2.75, 3.05) is 6.61 Å². The van der Waals surface area contributed by atoms with Gasteiger partial charge in [-0.15, -0.1) is 0 Å². The summed E-state index contributed by atoms with van der Waals surface area (Å²) in [6, 6.07) is 10.1. The van der Waals surface area contributed by atoms with E-state index < -0.39 is 11.9 Å². The third-order valence-corrected chi connectivity index (χ3v) is 4.26. The predicted octanol–water partition coefficient (Wildman–Crippen LogP) is 2.67. The number of ether oxygens (including phenoxy) is 1. The number of para-hydroxylation sites is 1. The normalized spacial score (nSPS) is 17.3. The molecule has 2 amide bonds. The molecule has 2 N–H and O–H groups in total. The summed E-state index contributed by atoms with van der Waals surface area (Å²) in [6.45, 7) is 4.34. The van der Waals surface area contributed by atoms with Gasteiger partial charge in [-0.25, -0.2) is 0 Å². The number of nitrogens with one attached hydrogen (secondary N) is 2. The first-order valence-corrected chi connectivity index (χ1v) is 8.42. The maximum atomic E-state index is 12.8. The van der Waals surface area contributed by atoms with Crippen LogP contribution >= 0.6 is 0 Å². The maximum absolute atomic E-state index is 12.8. The van der Waals surface area contributed by atoms with Crippen molar-refractivity contribution >= 4 is 11.8 Å². The fourth-order valence-corrected chi connectivity index (χ4v) is 2.91. The van der Waals surface area contributed by atoms with E-state index >= 15 is 0 Å². The van der Waals surface area contributed by atoms with E-state index in [1.165, 1.54) is 6.26 Å². The molecule has 6 nitrogen and oxygen atoms in total. The number of amides is 2. The van der Waals surface area contributed by atoms with Gasteiger partial charge in [-0.2, -0.15) is 0 Å². The number of furan rings is 1. The lowest BCUT2D eigenvalue weighted by molar-refractivity contribution is -0.124. The number of hydrogen-bond acceptors (Lipinski definition) is 4. The Bertz CT molecular complexity index is 740.